The van der Waals surface area contributed by atoms with Gasteiger partial charge in [0.1, 0.15) is 0 Å². The Labute approximate surface area is 329 Å². The van der Waals surface area contributed by atoms with E-state index in [0.29, 0.717) is 5.92 Å². The van der Waals surface area contributed by atoms with Gasteiger partial charge in [0.15, 0.2) is 0 Å². The Bertz CT molecular complexity index is 2190. The molecule has 3 aromatic carbocycles. The van der Waals surface area contributed by atoms with Gasteiger partial charge >= 0.3 is 307 Å². The zero-order valence-electron chi connectivity index (χ0n) is 34.7. The molecule has 0 saturated carbocycles. The van der Waals surface area contributed by atoms with Crippen LogP contribution in [0.1, 0.15) is 130 Å². The number of rotatable bonds is 3. The molecule has 0 aliphatic heterocycles. The molecule has 4 aliphatic carbocycles. The minimum atomic E-state index is -4.52. The molecule has 278 valence electrons. The maximum atomic E-state index is 5.69. The average Bonchev–Trinajstić information content (AvgIpc) is 3.70. The quantitative estimate of drug-likeness (QED) is 0.193. The maximum absolute atomic E-state index is 5.69. The van der Waals surface area contributed by atoms with Crippen molar-refractivity contribution in [1.29, 1.82) is 0 Å². The fraction of sp³-hybridized carbons (Fsp3) is 0.449. The molecular formula is C49H64Cl2Zr. The summed E-state index contributed by atoms with van der Waals surface area (Å²) < 4.78 is 13.1. The summed E-state index contributed by atoms with van der Waals surface area (Å²) in [4.78, 5) is 0. The zero-order valence-corrected chi connectivity index (χ0v) is 38.8. The van der Waals surface area contributed by atoms with E-state index in [1.807, 2.05) is 0 Å². The van der Waals surface area contributed by atoms with Gasteiger partial charge in [0, 0.05) is 0 Å². The van der Waals surface area contributed by atoms with E-state index in [0.717, 1.165) is 6.42 Å². The van der Waals surface area contributed by atoms with Crippen LogP contribution in [-0.2, 0) is 35.5 Å². The third-order valence-electron chi connectivity index (χ3n) is 13.1. The Hall–Kier alpha value is -2.05. The Kier molecular flexibility index (Phi) is 9.67. The summed E-state index contributed by atoms with van der Waals surface area (Å²) >= 11 is -4.52. The van der Waals surface area contributed by atoms with E-state index < -0.39 is 18.3 Å². The van der Waals surface area contributed by atoms with Crippen molar-refractivity contribution in [2.75, 3.05) is 0 Å². The van der Waals surface area contributed by atoms with E-state index in [2.05, 4.69) is 174 Å². The van der Waals surface area contributed by atoms with Crippen LogP contribution in [0.4, 0.5) is 0 Å². The Morgan fingerprint density at radius 1 is 0.692 bits per heavy atom. The monoisotopic (exact) mass is 812 g/mol. The molecule has 7 rings (SSSR count). The molecule has 4 aliphatic rings. The fourth-order valence-corrected chi connectivity index (χ4v) is 27.7. The number of benzene rings is 3. The van der Waals surface area contributed by atoms with Gasteiger partial charge in [-0.2, -0.15) is 0 Å². The van der Waals surface area contributed by atoms with Gasteiger partial charge in [-0.25, -0.2) is 0 Å². The van der Waals surface area contributed by atoms with Gasteiger partial charge in [-0.15, -0.1) is 24.8 Å². The standard InChI is InChI=1S/C31H37.C10H15.C6H5.CH3.CH2.2ClH.Zr/c1-28(2,3)26-16-30(7,8)24-12-18-11-19-13-25-23(15-21(19)20(18)14-22(24)26)27(29(4,5)6)17-31(25,9)10;1-8-5-6-9(7-8)10(2,3)4;1-2-4-6-5-3-1;;;;;/h12-16H,11H2,1-10H3;6-8H,1-4H3;1-5H;1H3;1H2;2*1H;. The van der Waals surface area contributed by atoms with Gasteiger partial charge in [0.25, 0.3) is 0 Å². The van der Waals surface area contributed by atoms with Gasteiger partial charge in [-0.1, -0.05) is 0 Å². The molecule has 0 aromatic heterocycles. The summed E-state index contributed by atoms with van der Waals surface area (Å²) in [6.07, 6.45) is 8.71. The van der Waals surface area contributed by atoms with Gasteiger partial charge in [0.05, 0.1) is 0 Å². The predicted molar refractivity (Wildman–Crippen MR) is 233 cm³/mol. The summed E-state index contributed by atoms with van der Waals surface area (Å²) in [6, 6.07) is 21.9. The summed E-state index contributed by atoms with van der Waals surface area (Å²) in [5.74, 6) is 0.360. The van der Waals surface area contributed by atoms with Crippen LogP contribution in [0.2, 0.25) is 4.63 Å². The second-order valence-corrected chi connectivity index (χ2v) is 35.0. The second-order valence-electron chi connectivity index (χ2n) is 21.1. The van der Waals surface area contributed by atoms with Crippen molar-refractivity contribution < 1.29 is 18.3 Å². The number of hydrogen-bond acceptors (Lipinski definition) is 0. The average molecular weight is 815 g/mol. The summed E-state index contributed by atoms with van der Waals surface area (Å²) in [5.41, 5.74) is 16.3. The molecule has 3 aromatic rings. The van der Waals surface area contributed by atoms with Crippen molar-refractivity contribution >= 4 is 43.4 Å². The van der Waals surface area contributed by atoms with Crippen LogP contribution in [0.5, 0.6) is 0 Å². The number of fused-ring (bicyclic) bond motifs is 5. The van der Waals surface area contributed by atoms with E-state index in [9.17, 15) is 0 Å². The summed E-state index contributed by atoms with van der Waals surface area (Å²) in [5, 5.41) is 0. The molecule has 1 unspecified atom stereocenters. The van der Waals surface area contributed by atoms with Crippen LogP contribution < -0.4 is 3.27 Å². The molecule has 52 heavy (non-hydrogen) atoms. The molecule has 0 spiro atoms. The van der Waals surface area contributed by atoms with Crippen LogP contribution in [0.25, 0.3) is 22.3 Å². The van der Waals surface area contributed by atoms with Crippen molar-refractivity contribution in [3.8, 4) is 11.1 Å². The third kappa shape index (κ3) is 5.80. The van der Waals surface area contributed by atoms with Crippen LogP contribution in [0, 0.1) is 22.2 Å². The predicted octanol–water partition coefficient (Wildman–Crippen LogP) is 13.9. The first kappa shape index (κ1) is 41.1. The first-order valence-corrected chi connectivity index (χ1v) is 27.1. The molecule has 0 heterocycles. The normalized spacial score (nSPS) is 20.2. The molecule has 0 radical (unpaired) electrons. The topological polar surface area (TPSA) is 0 Å². The Morgan fingerprint density at radius 2 is 1.23 bits per heavy atom. The summed E-state index contributed by atoms with van der Waals surface area (Å²) in [6.45, 7) is 33.8. The van der Waals surface area contributed by atoms with Crippen LogP contribution >= 0.6 is 24.8 Å². The second kappa shape index (κ2) is 12.2. The van der Waals surface area contributed by atoms with Gasteiger partial charge in [-0.05, 0) is 0 Å². The molecule has 0 N–H and O–H groups in total. The van der Waals surface area contributed by atoms with Crippen LogP contribution in [0.15, 0.2) is 85.0 Å². The van der Waals surface area contributed by atoms with Crippen molar-refractivity contribution in [3.63, 3.8) is 0 Å². The van der Waals surface area contributed by atoms with Gasteiger partial charge < -0.3 is 0 Å². The summed E-state index contributed by atoms with van der Waals surface area (Å²) in [7, 11) is 0. The van der Waals surface area contributed by atoms with E-state index in [4.69, 9.17) is 4.21 Å². The van der Waals surface area contributed by atoms with Crippen LogP contribution in [-0.4, -0.2) is 4.21 Å². The number of allylic oxidation sites excluding steroid dienone is 8. The van der Waals surface area contributed by atoms with Crippen molar-refractivity contribution in [2.24, 2.45) is 22.2 Å². The molecule has 0 fully saturated rings. The molecule has 0 amide bonds. The van der Waals surface area contributed by atoms with Gasteiger partial charge in [-0.3, -0.25) is 0 Å². The van der Waals surface area contributed by atoms with Crippen LogP contribution in [0.3, 0.4) is 0 Å². The van der Waals surface area contributed by atoms with E-state index in [-0.39, 0.29) is 51.9 Å². The molecule has 3 heteroatoms. The van der Waals surface area contributed by atoms with Crippen molar-refractivity contribution in [3.05, 3.63) is 118 Å². The zero-order chi connectivity index (χ0) is 36.8. The van der Waals surface area contributed by atoms with E-state index in [1.54, 1.807) is 12.1 Å². The first-order chi connectivity index (χ1) is 22.8. The number of halogens is 2. The first-order valence-electron chi connectivity index (χ1n) is 19.2. The fourth-order valence-electron chi connectivity index (χ4n) is 10.8. The van der Waals surface area contributed by atoms with E-state index >= 15 is 0 Å². The molecule has 1 atom stereocenters. The minimum absolute atomic E-state index is 0. The molecule has 0 nitrogen and oxygen atoms in total. The molecule has 0 saturated heterocycles. The Morgan fingerprint density at radius 3 is 1.73 bits per heavy atom. The van der Waals surface area contributed by atoms with Gasteiger partial charge in [0.2, 0.25) is 0 Å². The SMILES string of the molecule is Cl.Cl.[CH2]=[Zr]([CH3])([C]1=CC(C(C)(C)C)=CC1C)([C]1=C(C(C)(C)C)c2cc3c(cc2C1(C)C)Cc1cc2c(cc1-3)C(C(C)(C)C)=CC2(C)C)[c]1ccccc1. The molecular weight excluding hydrogens is 751 g/mol. The third-order valence-corrected chi connectivity index (χ3v) is 28.6. The van der Waals surface area contributed by atoms with E-state index in [1.165, 1.54) is 58.9 Å². The van der Waals surface area contributed by atoms with Crippen molar-refractivity contribution in [2.45, 2.75) is 119 Å². The number of hydrogen-bond donors (Lipinski definition) is 0. The van der Waals surface area contributed by atoms with Crippen molar-refractivity contribution in [1.82, 2.24) is 0 Å². The Balaban J connectivity index is 0.00000261. The molecule has 0 bridgehead atoms.